The Morgan fingerprint density at radius 2 is 1.73 bits per heavy atom. The van der Waals surface area contributed by atoms with Crippen molar-refractivity contribution >= 4 is 28.6 Å². The molecule has 1 aromatic carbocycles. The molecule has 1 atom stereocenters. The largest absolute Gasteiger partial charge is 0.378 e. The molecule has 1 aliphatic rings. The van der Waals surface area contributed by atoms with E-state index in [1.54, 1.807) is 43.8 Å². The van der Waals surface area contributed by atoms with Gasteiger partial charge in [0.2, 0.25) is 11.9 Å². The summed E-state index contributed by atoms with van der Waals surface area (Å²) in [4.78, 5) is 41.1. The minimum atomic E-state index is -0.384. The minimum Gasteiger partial charge on any atom is -0.378 e. The van der Waals surface area contributed by atoms with Crippen LogP contribution in [0.15, 0.2) is 47.3 Å². The van der Waals surface area contributed by atoms with Crippen LogP contribution in [-0.2, 0) is 16.6 Å². The lowest BCUT2D eigenvalue weighted by Gasteiger charge is -2.27. The summed E-state index contributed by atoms with van der Waals surface area (Å²) in [6.45, 7) is 8.49. The second kappa shape index (κ2) is 11.9. The SMILES string of the molecule is CNC(C)C(=O)Nc1ccc(-c2c(C)nc(N3CCOCC3)nc2C)c(C#Cc2ccc3c(ccc(=O)n3C)c2)n1. The van der Waals surface area contributed by atoms with Crippen LogP contribution in [0.1, 0.15) is 29.6 Å². The molecule has 0 bridgehead atoms. The van der Waals surface area contributed by atoms with E-state index in [0.29, 0.717) is 30.7 Å². The number of nitrogens with one attached hydrogen (secondary N) is 2. The Labute approximate surface area is 238 Å². The number of amides is 1. The van der Waals surface area contributed by atoms with Crippen molar-refractivity contribution in [2.75, 3.05) is 43.6 Å². The van der Waals surface area contributed by atoms with Crippen molar-refractivity contribution in [2.45, 2.75) is 26.8 Å². The van der Waals surface area contributed by atoms with Crippen LogP contribution in [0.3, 0.4) is 0 Å². The number of pyridine rings is 2. The van der Waals surface area contributed by atoms with Gasteiger partial charge in [-0.1, -0.05) is 5.92 Å². The second-order valence-electron chi connectivity index (χ2n) is 10.0. The van der Waals surface area contributed by atoms with Gasteiger partial charge >= 0.3 is 0 Å². The number of nitrogens with zero attached hydrogens (tertiary/aromatic N) is 5. The van der Waals surface area contributed by atoms with Gasteiger partial charge in [0.1, 0.15) is 11.5 Å². The standard InChI is InChI=1S/C31H33N7O3/c1-19-29(20(2)34-31(33-19)38-14-16-41-17-15-38)24-9-12-27(36-30(40)21(3)32-4)35-25(24)10-6-22-7-11-26-23(18-22)8-13-28(39)37(26)5/h7-9,11-13,18,21,32H,14-17H2,1-5H3,(H,35,36,40). The fourth-order valence-corrected chi connectivity index (χ4v) is 4.78. The van der Waals surface area contributed by atoms with E-state index < -0.39 is 0 Å². The summed E-state index contributed by atoms with van der Waals surface area (Å²) in [7, 11) is 3.48. The molecule has 1 fully saturated rings. The van der Waals surface area contributed by atoms with Crippen LogP contribution >= 0.6 is 0 Å². The first-order valence-electron chi connectivity index (χ1n) is 13.5. The van der Waals surface area contributed by atoms with Gasteiger partial charge in [0.25, 0.3) is 5.56 Å². The van der Waals surface area contributed by atoms with Crippen LogP contribution in [0.2, 0.25) is 0 Å². The van der Waals surface area contributed by atoms with E-state index in [-0.39, 0.29) is 17.5 Å². The Kier molecular flexibility index (Phi) is 8.10. The van der Waals surface area contributed by atoms with Gasteiger partial charge in [-0.15, -0.1) is 0 Å². The summed E-state index contributed by atoms with van der Waals surface area (Å²) in [5, 5.41) is 6.71. The van der Waals surface area contributed by atoms with Crippen LogP contribution in [-0.4, -0.2) is 64.8 Å². The number of likely N-dealkylation sites (N-methyl/N-ethyl adjacent to an activating group) is 1. The number of carbonyl (C=O) groups excluding carboxylic acids is 1. The van der Waals surface area contributed by atoms with Crippen molar-refractivity contribution in [3.63, 3.8) is 0 Å². The van der Waals surface area contributed by atoms with Crippen LogP contribution in [0.4, 0.5) is 11.8 Å². The third kappa shape index (κ3) is 5.96. The molecule has 5 rings (SSSR count). The molecule has 0 aliphatic carbocycles. The summed E-state index contributed by atoms with van der Waals surface area (Å²) in [5.74, 6) is 7.34. The van der Waals surface area contributed by atoms with E-state index in [2.05, 4.69) is 27.4 Å². The Hall–Kier alpha value is -4.59. The van der Waals surface area contributed by atoms with Gasteiger partial charge in [0.05, 0.1) is 36.2 Å². The zero-order valence-electron chi connectivity index (χ0n) is 23.9. The number of rotatable bonds is 5. The highest BCUT2D eigenvalue weighted by Crippen LogP contribution is 2.30. The van der Waals surface area contributed by atoms with E-state index >= 15 is 0 Å². The molecule has 4 aromatic rings. The molecule has 1 amide bonds. The second-order valence-corrected chi connectivity index (χ2v) is 10.0. The number of benzene rings is 1. The normalized spacial score (nSPS) is 13.9. The molecule has 41 heavy (non-hydrogen) atoms. The number of ether oxygens (including phenoxy) is 1. The molecule has 10 nitrogen and oxygen atoms in total. The maximum atomic E-state index is 12.6. The highest BCUT2D eigenvalue weighted by Gasteiger charge is 2.20. The molecule has 4 heterocycles. The van der Waals surface area contributed by atoms with Crippen molar-refractivity contribution in [2.24, 2.45) is 7.05 Å². The van der Waals surface area contributed by atoms with Crippen molar-refractivity contribution in [1.82, 2.24) is 24.8 Å². The lowest BCUT2D eigenvalue weighted by molar-refractivity contribution is -0.117. The lowest BCUT2D eigenvalue weighted by Crippen LogP contribution is -2.37. The first-order valence-corrected chi connectivity index (χ1v) is 13.5. The number of carbonyl (C=O) groups is 1. The van der Waals surface area contributed by atoms with Crippen molar-refractivity contribution in [1.29, 1.82) is 0 Å². The maximum Gasteiger partial charge on any atom is 0.250 e. The first-order chi connectivity index (χ1) is 19.7. The summed E-state index contributed by atoms with van der Waals surface area (Å²) in [6.07, 6.45) is 0. The third-order valence-corrected chi connectivity index (χ3v) is 7.25. The fourth-order valence-electron chi connectivity index (χ4n) is 4.78. The zero-order valence-corrected chi connectivity index (χ0v) is 23.9. The van der Waals surface area contributed by atoms with E-state index in [1.807, 2.05) is 38.1 Å². The lowest BCUT2D eigenvalue weighted by atomic mass is 10.0. The Morgan fingerprint density at radius 1 is 1.00 bits per heavy atom. The van der Waals surface area contributed by atoms with Gasteiger partial charge in [-0.3, -0.25) is 9.59 Å². The van der Waals surface area contributed by atoms with Crippen LogP contribution in [0.5, 0.6) is 0 Å². The highest BCUT2D eigenvalue weighted by molar-refractivity contribution is 5.94. The van der Waals surface area contributed by atoms with Gasteiger partial charge in [0, 0.05) is 42.9 Å². The minimum absolute atomic E-state index is 0.0655. The molecule has 3 aromatic heterocycles. The topological polar surface area (TPSA) is 114 Å². The molecule has 1 aliphatic heterocycles. The number of aromatic nitrogens is 4. The average Bonchev–Trinajstić information content (AvgIpc) is 2.98. The summed E-state index contributed by atoms with van der Waals surface area (Å²) in [5.41, 5.74) is 5.30. The Bertz CT molecular complexity index is 1720. The molecule has 1 unspecified atom stereocenters. The number of hydrogen-bond donors (Lipinski definition) is 2. The predicted molar refractivity (Wildman–Crippen MR) is 160 cm³/mol. The van der Waals surface area contributed by atoms with Crippen LogP contribution in [0, 0.1) is 25.7 Å². The van der Waals surface area contributed by atoms with Gasteiger partial charge in [-0.25, -0.2) is 15.0 Å². The predicted octanol–water partition coefficient (Wildman–Crippen LogP) is 2.79. The van der Waals surface area contributed by atoms with Gasteiger partial charge in [-0.05, 0) is 75.5 Å². The molecule has 0 saturated carbocycles. The molecular formula is C31H33N7O3. The number of anilines is 2. The Morgan fingerprint density at radius 3 is 2.44 bits per heavy atom. The van der Waals surface area contributed by atoms with Gasteiger partial charge in [-0.2, -0.15) is 0 Å². The van der Waals surface area contributed by atoms with Crippen molar-refractivity contribution < 1.29 is 9.53 Å². The maximum absolute atomic E-state index is 12.6. The number of aryl methyl sites for hydroxylation is 3. The summed E-state index contributed by atoms with van der Waals surface area (Å²) in [6, 6.07) is 12.3. The van der Waals surface area contributed by atoms with Gasteiger partial charge < -0.3 is 24.8 Å². The smallest absolute Gasteiger partial charge is 0.250 e. The molecule has 0 spiro atoms. The molecule has 1 saturated heterocycles. The summed E-state index contributed by atoms with van der Waals surface area (Å²) < 4.78 is 7.09. The number of morpholine rings is 1. The van der Waals surface area contributed by atoms with E-state index in [0.717, 1.165) is 52.1 Å². The molecule has 2 N–H and O–H groups in total. The highest BCUT2D eigenvalue weighted by atomic mass is 16.5. The number of hydrogen-bond acceptors (Lipinski definition) is 8. The molecule has 10 heteroatoms. The van der Waals surface area contributed by atoms with Gasteiger partial charge in [0.15, 0.2) is 0 Å². The van der Waals surface area contributed by atoms with E-state index in [4.69, 9.17) is 19.7 Å². The quantitative estimate of drug-likeness (QED) is 0.364. The molecule has 210 valence electrons. The number of fused-ring (bicyclic) bond motifs is 1. The van der Waals surface area contributed by atoms with Crippen LogP contribution < -0.4 is 21.1 Å². The summed E-state index contributed by atoms with van der Waals surface area (Å²) >= 11 is 0. The van der Waals surface area contributed by atoms with Crippen molar-refractivity contribution in [3.05, 3.63) is 75.5 Å². The van der Waals surface area contributed by atoms with Crippen molar-refractivity contribution in [3.8, 4) is 23.0 Å². The zero-order chi connectivity index (χ0) is 29.1. The monoisotopic (exact) mass is 551 g/mol. The average molecular weight is 552 g/mol. The Balaban J connectivity index is 1.58. The molecule has 0 radical (unpaired) electrons. The van der Waals surface area contributed by atoms with E-state index in [1.165, 1.54) is 0 Å². The third-order valence-electron chi connectivity index (χ3n) is 7.25. The van der Waals surface area contributed by atoms with Crippen LogP contribution in [0.25, 0.3) is 22.0 Å². The van der Waals surface area contributed by atoms with E-state index in [9.17, 15) is 9.59 Å². The molecular weight excluding hydrogens is 518 g/mol. The fraction of sp³-hybridized carbons (Fsp3) is 0.323. The first kappa shape index (κ1) is 28.0.